The first-order chi connectivity index (χ1) is 12.9. The van der Waals surface area contributed by atoms with Crippen LogP contribution in [0.25, 0.3) is 0 Å². The monoisotopic (exact) mass is 394 g/mol. The third-order valence-corrected chi connectivity index (χ3v) is 6.38. The van der Waals surface area contributed by atoms with Crippen LogP contribution >= 0.6 is 0 Å². The predicted octanol–water partition coefficient (Wildman–Crippen LogP) is 3.72. The molecule has 2 fully saturated rings. The summed E-state index contributed by atoms with van der Waals surface area (Å²) >= 11 is 0. The number of hydrogen-bond acceptors (Lipinski definition) is 5. The van der Waals surface area contributed by atoms with Crippen LogP contribution < -0.4 is 0 Å². The van der Waals surface area contributed by atoms with Gasteiger partial charge in [0.15, 0.2) is 0 Å². The van der Waals surface area contributed by atoms with Gasteiger partial charge >= 0.3 is 0 Å². The van der Waals surface area contributed by atoms with E-state index in [1.165, 1.54) is 5.56 Å². The van der Waals surface area contributed by atoms with Gasteiger partial charge in [-0.25, -0.2) is 0 Å². The Bertz CT molecular complexity index is 715. The lowest BCUT2D eigenvalue weighted by molar-refractivity contribution is -0.118. The molecule has 0 spiro atoms. The maximum atomic E-state index is 11.7. The van der Waals surface area contributed by atoms with Crippen LogP contribution in [0, 0.1) is 17.8 Å². The van der Waals surface area contributed by atoms with Crippen LogP contribution in [0.4, 0.5) is 0 Å². The van der Waals surface area contributed by atoms with Gasteiger partial charge in [-0.2, -0.15) is 8.42 Å². The summed E-state index contributed by atoms with van der Waals surface area (Å²) in [5.41, 5.74) is 1.19. The van der Waals surface area contributed by atoms with Gasteiger partial charge in [0.25, 0.3) is 10.1 Å². The molecular weight excluding hydrogens is 364 g/mol. The van der Waals surface area contributed by atoms with E-state index >= 15 is 0 Å². The molecule has 5 nitrogen and oxygen atoms in total. The second-order valence-corrected chi connectivity index (χ2v) is 9.62. The van der Waals surface area contributed by atoms with Gasteiger partial charge < -0.3 is 4.74 Å². The fourth-order valence-corrected chi connectivity index (χ4v) is 5.36. The Kier molecular flexibility index (Phi) is 7.06. The molecule has 0 heterocycles. The molecular formula is C21H30O5S. The molecule has 150 valence electrons. The number of hydrogen-bond donors (Lipinski definition) is 0. The Morgan fingerprint density at radius 1 is 1.07 bits per heavy atom. The molecule has 4 atom stereocenters. The highest BCUT2D eigenvalue weighted by Crippen LogP contribution is 2.48. The van der Waals surface area contributed by atoms with Crippen LogP contribution in [0.1, 0.15) is 50.5 Å². The van der Waals surface area contributed by atoms with Crippen LogP contribution in [-0.4, -0.2) is 33.2 Å². The van der Waals surface area contributed by atoms with Crippen LogP contribution in [0.2, 0.25) is 0 Å². The van der Waals surface area contributed by atoms with Crippen molar-refractivity contribution in [2.75, 3.05) is 12.9 Å². The summed E-state index contributed by atoms with van der Waals surface area (Å²) in [6.45, 7) is 1.38. The highest BCUT2D eigenvalue weighted by Gasteiger charge is 2.49. The summed E-state index contributed by atoms with van der Waals surface area (Å²) in [7, 11) is -3.50. The van der Waals surface area contributed by atoms with Crippen molar-refractivity contribution >= 4 is 15.9 Å². The van der Waals surface area contributed by atoms with Crippen molar-refractivity contribution in [3.63, 3.8) is 0 Å². The molecule has 0 amide bonds. The second-order valence-electron chi connectivity index (χ2n) is 8.02. The third-order valence-electron chi connectivity index (χ3n) is 5.81. The number of carbonyl (C=O) groups is 1. The number of ether oxygens (including phenoxy) is 1. The normalized spacial score (nSPS) is 27.8. The first kappa shape index (κ1) is 20.5. The largest absolute Gasteiger partial charge is 0.377 e. The van der Waals surface area contributed by atoms with E-state index in [1.54, 1.807) is 0 Å². The van der Waals surface area contributed by atoms with E-state index in [-0.39, 0.29) is 23.7 Å². The molecule has 1 aromatic carbocycles. The van der Waals surface area contributed by atoms with Crippen LogP contribution in [0.15, 0.2) is 30.3 Å². The number of benzene rings is 1. The van der Waals surface area contributed by atoms with Crippen molar-refractivity contribution in [1.29, 1.82) is 0 Å². The van der Waals surface area contributed by atoms with E-state index in [1.807, 2.05) is 18.2 Å². The van der Waals surface area contributed by atoms with E-state index in [0.717, 1.165) is 45.0 Å². The molecule has 27 heavy (non-hydrogen) atoms. The molecule has 0 unspecified atom stereocenters. The van der Waals surface area contributed by atoms with E-state index in [4.69, 9.17) is 8.92 Å². The second kappa shape index (κ2) is 9.30. The van der Waals surface area contributed by atoms with Crippen molar-refractivity contribution in [3.8, 4) is 0 Å². The molecule has 2 aliphatic carbocycles. The lowest BCUT2D eigenvalue weighted by Crippen LogP contribution is -2.28. The molecule has 0 radical (unpaired) electrons. The Hall–Kier alpha value is -1.24. The maximum absolute atomic E-state index is 11.7. The molecule has 2 saturated carbocycles. The number of fused-ring (bicyclic) bond motifs is 1. The maximum Gasteiger partial charge on any atom is 0.264 e. The highest BCUT2D eigenvalue weighted by molar-refractivity contribution is 7.86. The molecule has 3 rings (SSSR count). The van der Waals surface area contributed by atoms with Crippen molar-refractivity contribution < 1.29 is 22.1 Å². The van der Waals surface area contributed by atoms with Crippen molar-refractivity contribution in [2.45, 2.75) is 57.7 Å². The zero-order chi connectivity index (χ0) is 19.3. The lowest BCUT2D eigenvalue weighted by atomic mass is 9.94. The van der Waals surface area contributed by atoms with Crippen molar-refractivity contribution in [3.05, 3.63) is 35.9 Å². The zero-order valence-electron chi connectivity index (χ0n) is 16.0. The topological polar surface area (TPSA) is 69.7 Å². The SMILES string of the molecule is CS(=O)(=O)O[C@@H]1[C@H](CCCCCOCc2ccccc2)C[C@H]2CC(=O)C[C@H]21. The number of carbonyl (C=O) groups excluding carboxylic acids is 1. The average Bonchev–Trinajstić information content (AvgIpc) is 3.11. The minimum Gasteiger partial charge on any atom is -0.377 e. The summed E-state index contributed by atoms with van der Waals surface area (Å²) in [6.07, 6.45) is 6.85. The van der Waals surface area contributed by atoms with Gasteiger partial charge in [0.2, 0.25) is 0 Å². The zero-order valence-corrected chi connectivity index (χ0v) is 16.8. The van der Waals surface area contributed by atoms with Gasteiger partial charge in [-0.05, 0) is 42.6 Å². The minimum absolute atomic E-state index is 0.0893. The van der Waals surface area contributed by atoms with Gasteiger partial charge in [0, 0.05) is 19.4 Å². The molecule has 0 bridgehead atoms. The summed E-state index contributed by atoms with van der Waals surface area (Å²) < 4.78 is 34.4. The number of rotatable bonds is 10. The van der Waals surface area contributed by atoms with Gasteiger partial charge in [0.1, 0.15) is 5.78 Å². The summed E-state index contributed by atoms with van der Waals surface area (Å²) in [5.74, 6) is 0.893. The molecule has 6 heteroatoms. The summed E-state index contributed by atoms with van der Waals surface area (Å²) in [6, 6.07) is 10.1. The molecule has 2 aliphatic rings. The fourth-order valence-electron chi connectivity index (χ4n) is 4.66. The Balaban J connectivity index is 1.37. The van der Waals surface area contributed by atoms with Crippen molar-refractivity contribution in [2.24, 2.45) is 17.8 Å². The molecule has 0 N–H and O–H groups in total. The van der Waals surface area contributed by atoms with E-state index in [0.29, 0.717) is 25.4 Å². The van der Waals surface area contributed by atoms with Gasteiger partial charge in [-0.1, -0.05) is 43.2 Å². The van der Waals surface area contributed by atoms with E-state index < -0.39 is 10.1 Å². The smallest absolute Gasteiger partial charge is 0.264 e. The van der Waals surface area contributed by atoms with E-state index in [9.17, 15) is 13.2 Å². The average molecular weight is 395 g/mol. The van der Waals surface area contributed by atoms with Gasteiger partial charge in [-0.3, -0.25) is 8.98 Å². The Morgan fingerprint density at radius 2 is 1.85 bits per heavy atom. The standard InChI is InChI=1S/C21H30O5S/c1-27(23,24)26-21-17(12-18-13-19(22)14-20(18)21)10-6-3-7-11-25-15-16-8-4-2-5-9-16/h2,4-5,8-9,17-18,20-21H,3,6-7,10-15H2,1H3/t17-,18+,20-,21-/m1/s1. The molecule has 0 saturated heterocycles. The van der Waals surface area contributed by atoms with Crippen LogP contribution in [0.3, 0.4) is 0 Å². The summed E-state index contributed by atoms with van der Waals surface area (Å²) in [4.78, 5) is 11.7. The number of unbranched alkanes of at least 4 members (excludes halogenated alkanes) is 2. The summed E-state index contributed by atoms with van der Waals surface area (Å²) in [5, 5.41) is 0. The molecule has 1 aromatic rings. The first-order valence-corrected chi connectivity index (χ1v) is 11.8. The van der Waals surface area contributed by atoms with E-state index in [2.05, 4.69) is 12.1 Å². The Labute approximate surface area is 162 Å². The lowest BCUT2D eigenvalue weighted by Gasteiger charge is -2.23. The first-order valence-electron chi connectivity index (χ1n) is 9.94. The van der Waals surface area contributed by atoms with Crippen molar-refractivity contribution in [1.82, 2.24) is 0 Å². The van der Waals surface area contributed by atoms with Crippen LogP contribution in [-0.2, 0) is 30.4 Å². The number of ketones is 1. The quantitative estimate of drug-likeness (QED) is 0.447. The van der Waals surface area contributed by atoms with Gasteiger partial charge in [-0.15, -0.1) is 0 Å². The fraction of sp³-hybridized carbons (Fsp3) is 0.667. The highest BCUT2D eigenvalue weighted by atomic mass is 32.2. The molecule has 0 aliphatic heterocycles. The molecule has 0 aromatic heterocycles. The van der Waals surface area contributed by atoms with Gasteiger partial charge in [0.05, 0.1) is 19.0 Å². The minimum atomic E-state index is -3.50. The predicted molar refractivity (Wildman–Crippen MR) is 104 cm³/mol. The Morgan fingerprint density at radius 3 is 2.59 bits per heavy atom. The third kappa shape index (κ3) is 6.13. The number of Topliss-reactive ketones (excluding diaryl/α,β-unsaturated/α-hetero) is 1. The van der Waals surface area contributed by atoms with Crippen LogP contribution in [0.5, 0.6) is 0 Å².